The van der Waals surface area contributed by atoms with Crippen LogP contribution in [0.4, 0.5) is 11.5 Å². The van der Waals surface area contributed by atoms with Gasteiger partial charge in [0.2, 0.25) is 11.6 Å². The molecule has 2 rings (SSSR count). The molecule has 0 atom stereocenters. The lowest BCUT2D eigenvalue weighted by molar-refractivity contribution is -0.385. The topological polar surface area (TPSA) is 103 Å². The molecule has 7 nitrogen and oxygen atoms in total. The number of anilines is 1. The van der Waals surface area contributed by atoms with Crippen LogP contribution in [0.2, 0.25) is 0 Å². The van der Waals surface area contributed by atoms with Crippen molar-refractivity contribution in [3.63, 3.8) is 0 Å². The standard InChI is InChI=1S/C12H12N4O3/c1-8-5-6-9(16(17)18)10(7-8)19-12-4-2-3-11(14-12)15-13/h2-7H,13H2,1H3,(H,14,15). The zero-order valence-electron chi connectivity index (χ0n) is 10.2. The number of rotatable bonds is 4. The fraction of sp³-hybridized carbons (Fsp3) is 0.0833. The number of aromatic nitrogens is 1. The van der Waals surface area contributed by atoms with Gasteiger partial charge in [-0.1, -0.05) is 12.1 Å². The lowest BCUT2D eigenvalue weighted by atomic mass is 10.2. The minimum Gasteiger partial charge on any atom is -0.432 e. The van der Waals surface area contributed by atoms with Gasteiger partial charge in [-0.2, -0.15) is 4.98 Å². The van der Waals surface area contributed by atoms with Crippen LogP contribution in [0.1, 0.15) is 5.56 Å². The molecule has 0 fully saturated rings. The number of hydrogen-bond acceptors (Lipinski definition) is 6. The number of pyridine rings is 1. The first kappa shape index (κ1) is 12.8. The summed E-state index contributed by atoms with van der Waals surface area (Å²) in [5.41, 5.74) is 3.12. The first-order valence-electron chi connectivity index (χ1n) is 5.46. The van der Waals surface area contributed by atoms with E-state index in [9.17, 15) is 10.1 Å². The van der Waals surface area contributed by atoms with E-state index in [0.29, 0.717) is 5.82 Å². The van der Waals surface area contributed by atoms with E-state index in [4.69, 9.17) is 10.6 Å². The summed E-state index contributed by atoms with van der Waals surface area (Å²) in [5.74, 6) is 6.02. The number of hydrogen-bond donors (Lipinski definition) is 2. The fourth-order valence-electron chi connectivity index (χ4n) is 1.52. The molecule has 0 aliphatic carbocycles. The molecule has 0 aliphatic rings. The maximum atomic E-state index is 10.9. The van der Waals surface area contributed by atoms with Crippen LogP contribution in [-0.4, -0.2) is 9.91 Å². The minimum atomic E-state index is -0.500. The smallest absolute Gasteiger partial charge is 0.311 e. The number of aryl methyl sites for hydroxylation is 1. The highest BCUT2D eigenvalue weighted by atomic mass is 16.6. The summed E-state index contributed by atoms with van der Waals surface area (Å²) in [7, 11) is 0. The molecule has 0 bridgehead atoms. The van der Waals surface area contributed by atoms with Gasteiger partial charge in [0.25, 0.3) is 0 Å². The van der Waals surface area contributed by atoms with Gasteiger partial charge >= 0.3 is 5.69 Å². The highest BCUT2D eigenvalue weighted by Gasteiger charge is 2.16. The Bertz CT molecular complexity index is 616. The SMILES string of the molecule is Cc1ccc([N+](=O)[O-])c(Oc2cccc(NN)n2)c1. The average molecular weight is 260 g/mol. The molecular formula is C12H12N4O3. The van der Waals surface area contributed by atoms with Gasteiger partial charge in [0, 0.05) is 12.1 Å². The third kappa shape index (κ3) is 2.96. The number of ether oxygens (including phenoxy) is 1. The maximum Gasteiger partial charge on any atom is 0.311 e. The molecule has 1 aromatic heterocycles. The van der Waals surface area contributed by atoms with E-state index in [1.54, 1.807) is 30.3 Å². The third-order valence-corrected chi connectivity index (χ3v) is 2.40. The van der Waals surface area contributed by atoms with Crippen molar-refractivity contribution in [2.24, 2.45) is 5.84 Å². The molecule has 1 heterocycles. The van der Waals surface area contributed by atoms with Gasteiger partial charge in [-0.05, 0) is 24.6 Å². The normalized spacial score (nSPS) is 10.0. The molecule has 98 valence electrons. The summed E-state index contributed by atoms with van der Waals surface area (Å²) in [5, 5.41) is 10.9. The van der Waals surface area contributed by atoms with E-state index < -0.39 is 4.92 Å². The molecular weight excluding hydrogens is 248 g/mol. The first-order chi connectivity index (χ1) is 9.10. The van der Waals surface area contributed by atoms with Crippen LogP contribution in [0.5, 0.6) is 11.6 Å². The molecule has 19 heavy (non-hydrogen) atoms. The van der Waals surface area contributed by atoms with Crippen molar-refractivity contribution in [3.8, 4) is 11.6 Å². The highest BCUT2D eigenvalue weighted by Crippen LogP contribution is 2.31. The van der Waals surface area contributed by atoms with Crippen molar-refractivity contribution in [2.75, 3.05) is 5.43 Å². The number of benzene rings is 1. The van der Waals surface area contributed by atoms with Crippen molar-refractivity contribution in [2.45, 2.75) is 6.92 Å². The van der Waals surface area contributed by atoms with Crippen LogP contribution in [0.25, 0.3) is 0 Å². The van der Waals surface area contributed by atoms with Gasteiger partial charge in [0.05, 0.1) is 4.92 Å². The molecule has 0 saturated carbocycles. The molecule has 3 N–H and O–H groups in total. The van der Waals surface area contributed by atoms with Crippen molar-refractivity contribution in [3.05, 3.63) is 52.1 Å². The van der Waals surface area contributed by atoms with E-state index in [-0.39, 0.29) is 17.3 Å². The van der Waals surface area contributed by atoms with E-state index in [2.05, 4.69) is 10.4 Å². The Morgan fingerprint density at radius 1 is 1.37 bits per heavy atom. The van der Waals surface area contributed by atoms with Gasteiger partial charge in [-0.3, -0.25) is 10.1 Å². The van der Waals surface area contributed by atoms with Crippen molar-refractivity contribution >= 4 is 11.5 Å². The zero-order valence-corrected chi connectivity index (χ0v) is 10.2. The average Bonchev–Trinajstić information content (AvgIpc) is 2.38. The molecule has 2 aromatic rings. The van der Waals surface area contributed by atoms with Gasteiger partial charge in [-0.15, -0.1) is 0 Å². The van der Waals surface area contributed by atoms with Crippen LogP contribution in [0, 0.1) is 17.0 Å². The summed E-state index contributed by atoms with van der Waals surface area (Å²) < 4.78 is 5.45. The fourth-order valence-corrected chi connectivity index (χ4v) is 1.52. The van der Waals surface area contributed by atoms with Gasteiger partial charge < -0.3 is 10.2 Å². The van der Waals surface area contributed by atoms with Gasteiger partial charge in [0.15, 0.2) is 0 Å². The number of nitrogens with two attached hydrogens (primary N) is 1. The Hall–Kier alpha value is -2.67. The number of nitrogens with zero attached hydrogens (tertiary/aromatic N) is 2. The number of nitrogen functional groups attached to an aromatic ring is 1. The van der Waals surface area contributed by atoms with Crippen molar-refractivity contribution in [1.82, 2.24) is 4.98 Å². The van der Waals surface area contributed by atoms with E-state index in [0.717, 1.165) is 5.56 Å². The third-order valence-electron chi connectivity index (χ3n) is 2.40. The van der Waals surface area contributed by atoms with Crippen molar-refractivity contribution < 1.29 is 9.66 Å². The summed E-state index contributed by atoms with van der Waals surface area (Å²) in [4.78, 5) is 14.5. The van der Waals surface area contributed by atoms with Gasteiger partial charge in [0.1, 0.15) is 5.82 Å². The molecule has 7 heteroatoms. The Labute approximate surface area is 109 Å². The molecule has 0 radical (unpaired) electrons. The zero-order chi connectivity index (χ0) is 13.8. The summed E-state index contributed by atoms with van der Waals surface area (Å²) in [6.07, 6.45) is 0. The molecule has 1 aromatic carbocycles. The van der Waals surface area contributed by atoms with Crippen LogP contribution in [0.3, 0.4) is 0 Å². The predicted octanol–water partition coefficient (Wildman–Crippen LogP) is 2.38. The van der Waals surface area contributed by atoms with Gasteiger partial charge in [-0.25, -0.2) is 5.84 Å². The Morgan fingerprint density at radius 3 is 2.84 bits per heavy atom. The minimum absolute atomic E-state index is 0.112. The molecule has 0 amide bonds. The molecule has 0 aliphatic heterocycles. The Morgan fingerprint density at radius 2 is 2.16 bits per heavy atom. The Kier molecular flexibility index (Phi) is 3.58. The van der Waals surface area contributed by atoms with E-state index in [1.807, 2.05) is 6.92 Å². The Balaban J connectivity index is 2.36. The molecule has 0 unspecified atom stereocenters. The van der Waals surface area contributed by atoms with Crippen LogP contribution < -0.4 is 16.0 Å². The second-order valence-corrected chi connectivity index (χ2v) is 3.84. The number of hydrazine groups is 1. The second kappa shape index (κ2) is 5.32. The largest absolute Gasteiger partial charge is 0.432 e. The maximum absolute atomic E-state index is 10.9. The number of nitrogens with one attached hydrogen (secondary N) is 1. The lowest BCUT2D eigenvalue weighted by Gasteiger charge is -2.07. The number of nitro benzene ring substituents is 1. The summed E-state index contributed by atoms with van der Waals surface area (Å²) in [6.45, 7) is 1.82. The number of nitro groups is 1. The second-order valence-electron chi connectivity index (χ2n) is 3.84. The monoisotopic (exact) mass is 260 g/mol. The molecule has 0 saturated heterocycles. The quantitative estimate of drug-likeness (QED) is 0.497. The van der Waals surface area contributed by atoms with E-state index >= 15 is 0 Å². The molecule has 0 spiro atoms. The predicted molar refractivity (Wildman–Crippen MR) is 70.0 cm³/mol. The van der Waals surface area contributed by atoms with Crippen molar-refractivity contribution in [1.29, 1.82) is 0 Å². The van der Waals surface area contributed by atoms with Crippen LogP contribution in [-0.2, 0) is 0 Å². The van der Waals surface area contributed by atoms with Crippen LogP contribution >= 0.6 is 0 Å². The van der Waals surface area contributed by atoms with E-state index in [1.165, 1.54) is 6.07 Å². The van der Waals surface area contributed by atoms with Crippen LogP contribution in [0.15, 0.2) is 36.4 Å². The highest BCUT2D eigenvalue weighted by molar-refractivity contribution is 5.50. The lowest BCUT2D eigenvalue weighted by Crippen LogP contribution is -2.08. The summed E-state index contributed by atoms with van der Waals surface area (Å²) in [6, 6.07) is 9.55. The summed E-state index contributed by atoms with van der Waals surface area (Å²) >= 11 is 0. The first-order valence-corrected chi connectivity index (χ1v) is 5.46.